The van der Waals surface area contributed by atoms with Crippen LogP contribution in [0.3, 0.4) is 0 Å². The maximum atomic E-state index is 10.8. The van der Waals surface area contributed by atoms with Crippen LogP contribution in [0.15, 0.2) is 303 Å². The lowest BCUT2D eigenvalue weighted by molar-refractivity contribution is 1.07. The van der Waals surface area contributed by atoms with Crippen molar-refractivity contribution in [2.45, 2.75) is 0 Å². The molecule has 0 aliphatic rings. The zero-order chi connectivity index (χ0) is 59.4. The zero-order valence-electron chi connectivity index (χ0n) is 48.4. The van der Waals surface area contributed by atoms with E-state index < -0.39 is 0 Å². The Labute approximate surface area is 516 Å². The fraction of sp³-hybridized carbons (Fsp3) is 0. The lowest BCUT2D eigenvalue weighted by atomic mass is 9.93. The van der Waals surface area contributed by atoms with Gasteiger partial charge in [-0.1, -0.05) is 194 Å². The summed E-state index contributed by atoms with van der Waals surface area (Å²) in [5, 5.41) is 20.1. The second-order valence-corrected chi connectivity index (χ2v) is 23.0. The van der Waals surface area contributed by atoms with E-state index >= 15 is 0 Å². The molecule has 0 unspecified atom stereocenters. The Balaban J connectivity index is 0.992. The summed E-state index contributed by atoms with van der Waals surface area (Å²) < 4.78 is 9.72. The summed E-state index contributed by atoms with van der Waals surface area (Å²) in [6.07, 6.45) is 0. The number of aromatic nitrogens is 7. The smallest absolute Gasteiger partial charge is 0.164 e. The highest BCUT2D eigenvalue weighted by molar-refractivity contribution is 6.21. The number of hydrogen-bond acceptors (Lipinski definition) is 4. The fourth-order valence-corrected chi connectivity index (χ4v) is 14.1. The van der Waals surface area contributed by atoms with Gasteiger partial charge in [0.05, 0.1) is 67.1 Å². The molecule has 0 saturated carbocycles. The molecule has 0 aliphatic heterocycles. The van der Waals surface area contributed by atoms with Gasteiger partial charge in [0.15, 0.2) is 17.5 Å². The van der Waals surface area contributed by atoms with Gasteiger partial charge in [0, 0.05) is 82.3 Å². The van der Waals surface area contributed by atoms with E-state index in [1.807, 2.05) is 54.6 Å². The Hall–Kier alpha value is -12.4. The van der Waals surface area contributed by atoms with Gasteiger partial charge < -0.3 is 18.3 Å². The first-order valence-electron chi connectivity index (χ1n) is 30.3. The predicted molar refractivity (Wildman–Crippen MR) is 369 cm³/mol. The van der Waals surface area contributed by atoms with Crippen molar-refractivity contribution in [3.05, 3.63) is 309 Å². The largest absolute Gasteiger partial charge is 0.309 e. The van der Waals surface area contributed by atoms with E-state index in [-0.39, 0.29) is 0 Å². The Morgan fingerprint density at radius 3 is 1.00 bits per heavy atom. The van der Waals surface area contributed by atoms with E-state index in [2.05, 4.69) is 273 Å². The lowest BCUT2D eigenvalue weighted by Crippen LogP contribution is -2.04. The van der Waals surface area contributed by atoms with Crippen LogP contribution in [0.1, 0.15) is 5.56 Å². The minimum atomic E-state index is 0.535. The molecular weight excluding hydrogens is 1100 g/mol. The number of rotatable bonds is 9. The van der Waals surface area contributed by atoms with Crippen molar-refractivity contribution in [1.82, 2.24) is 33.2 Å². The summed E-state index contributed by atoms with van der Waals surface area (Å²) in [5.41, 5.74) is 19.6. The van der Waals surface area contributed by atoms with Crippen molar-refractivity contribution in [1.29, 1.82) is 5.26 Å². The monoisotopic (exact) mass is 1150 g/mol. The molecule has 0 fully saturated rings. The van der Waals surface area contributed by atoms with Crippen LogP contribution in [0, 0.1) is 11.3 Å². The van der Waals surface area contributed by atoms with Crippen LogP contribution in [-0.2, 0) is 0 Å². The third-order valence-electron chi connectivity index (χ3n) is 18.0. The second kappa shape index (κ2) is 20.3. The minimum Gasteiger partial charge on any atom is -0.309 e. The van der Waals surface area contributed by atoms with Gasteiger partial charge in [-0.25, -0.2) is 15.0 Å². The molecule has 18 aromatic rings. The van der Waals surface area contributed by atoms with E-state index in [1.165, 1.54) is 21.5 Å². The van der Waals surface area contributed by atoms with Crippen LogP contribution in [0.25, 0.3) is 166 Å². The summed E-state index contributed by atoms with van der Waals surface area (Å²) in [6, 6.07) is 110. The van der Waals surface area contributed by atoms with E-state index in [9.17, 15) is 5.26 Å². The standard InChI is InChI=1S/C82H50N8/c83-51-56-27-13-14-32-59(56)54-41-43-74(89-72-39-21-17-35-62(72)68-47-66-60-33-15-19-37-70(60)87(76(66)49-78(68)89)57-28-9-3-10-29-57)64(45-54)65-46-55(82-85-80(52-23-5-1-6-24-52)84-81(86-82)53-25-7-2-8-26-53)42-44-75(65)90-73-40-22-18-36-63(73)69-48-67-61-34-16-20-38-71(61)88(77(67)50-79(69)90)58-30-11-4-12-31-58/h1-50H. The maximum Gasteiger partial charge on any atom is 0.164 e. The van der Waals surface area contributed by atoms with Crippen molar-refractivity contribution in [2.75, 3.05) is 0 Å². The van der Waals surface area contributed by atoms with Crippen LogP contribution in [0.5, 0.6) is 0 Å². The average molecular weight is 1150 g/mol. The third kappa shape index (κ3) is 7.90. The average Bonchev–Trinajstić information content (AvgIpc) is 1.57. The first-order valence-corrected chi connectivity index (χ1v) is 30.3. The summed E-state index contributed by atoms with van der Waals surface area (Å²) in [6.45, 7) is 0. The Kier molecular flexibility index (Phi) is 11.5. The van der Waals surface area contributed by atoms with Crippen molar-refractivity contribution in [3.8, 4) is 85.2 Å². The summed E-state index contributed by atoms with van der Waals surface area (Å²) in [7, 11) is 0. The van der Waals surface area contributed by atoms with Gasteiger partial charge in [0.2, 0.25) is 0 Å². The Morgan fingerprint density at radius 1 is 0.233 bits per heavy atom. The Morgan fingerprint density at radius 2 is 0.567 bits per heavy atom. The van der Waals surface area contributed by atoms with Crippen LogP contribution in [0.4, 0.5) is 0 Å². The molecule has 18 rings (SSSR count). The molecule has 0 atom stereocenters. The number of nitrogens with zero attached hydrogens (tertiary/aromatic N) is 8. The molecule has 0 bridgehead atoms. The Bertz CT molecular complexity index is 5910. The lowest BCUT2D eigenvalue weighted by Gasteiger charge is -2.21. The minimum absolute atomic E-state index is 0.535. The number of hydrogen-bond donors (Lipinski definition) is 0. The molecule has 0 aliphatic carbocycles. The molecule has 90 heavy (non-hydrogen) atoms. The summed E-state index contributed by atoms with van der Waals surface area (Å²) in [5.74, 6) is 1.68. The van der Waals surface area contributed by atoms with E-state index in [4.69, 9.17) is 15.0 Å². The molecular formula is C82H50N8. The SMILES string of the molecule is N#Cc1ccccc1-c1ccc(-n2c3ccccc3c3cc4c5ccccc5n(-c5ccccc5)c4cc32)c(-c2cc(-c3nc(-c4ccccc4)nc(-c4ccccc4)n3)ccc2-n2c3ccccc3c3cc4c5ccccc5n(-c5ccccc5)c4cc32)c1. The highest BCUT2D eigenvalue weighted by Gasteiger charge is 2.26. The van der Waals surface area contributed by atoms with Gasteiger partial charge in [0.25, 0.3) is 0 Å². The predicted octanol–water partition coefficient (Wildman–Crippen LogP) is 20.5. The van der Waals surface area contributed by atoms with Crippen LogP contribution < -0.4 is 0 Å². The normalized spacial score (nSPS) is 11.8. The van der Waals surface area contributed by atoms with E-state index in [0.29, 0.717) is 23.0 Å². The number of nitriles is 1. The molecule has 0 N–H and O–H groups in total. The van der Waals surface area contributed by atoms with Gasteiger partial charge in [-0.3, -0.25) is 0 Å². The fourth-order valence-electron chi connectivity index (χ4n) is 14.1. The van der Waals surface area contributed by atoms with Gasteiger partial charge in [-0.2, -0.15) is 5.26 Å². The zero-order valence-corrected chi connectivity index (χ0v) is 48.4. The first kappa shape index (κ1) is 50.8. The number of para-hydroxylation sites is 6. The third-order valence-corrected chi connectivity index (χ3v) is 18.0. The molecule has 0 amide bonds. The molecule has 8 nitrogen and oxygen atoms in total. The molecule has 5 aromatic heterocycles. The number of fused-ring (bicyclic) bond motifs is 12. The first-order chi connectivity index (χ1) is 44.6. The van der Waals surface area contributed by atoms with Crippen LogP contribution in [-0.4, -0.2) is 33.2 Å². The molecule has 13 aromatic carbocycles. The van der Waals surface area contributed by atoms with E-state index in [1.54, 1.807) is 0 Å². The topological polar surface area (TPSA) is 82.2 Å². The quantitative estimate of drug-likeness (QED) is 0.144. The van der Waals surface area contributed by atoms with Crippen molar-refractivity contribution >= 4 is 87.2 Å². The highest BCUT2D eigenvalue weighted by Crippen LogP contribution is 2.47. The van der Waals surface area contributed by atoms with Gasteiger partial charge >= 0.3 is 0 Å². The maximum absolute atomic E-state index is 10.8. The number of benzene rings is 13. The summed E-state index contributed by atoms with van der Waals surface area (Å²) >= 11 is 0. The summed E-state index contributed by atoms with van der Waals surface area (Å²) in [4.78, 5) is 15.9. The molecule has 0 spiro atoms. The van der Waals surface area contributed by atoms with Gasteiger partial charge in [0.1, 0.15) is 0 Å². The van der Waals surface area contributed by atoms with Gasteiger partial charge in [-0.05, 0) is 120 Å². The molecule has 0 saturated heterocycles. The van der Waals surface area contributed by atoms with Crippen molar-refractivity contribution < 1.29 is 0 Å². The van der Waals surface area contributed by atoms with Gasteiger partial charge in [-0.15, -0.1) is 0 Å². The highest BCUT2D eigenvalue weighted by atomic mass is 15.0. The van der Waals surface area contributed by atoms with Crippen molar-refractivity contribution in [2.24, 2.45) is 0 Å². The molecule has 8 heteroatoms. The molecule has 0 radical (unpaired) electrons. The second-order valence-electron chi connectivity index (χ2n) is 23.0. The van der Waals surface area contributed by atoms with E-state index in [0.717, 1.165) is 127 Å². The molecule has 418 valence electrons. The van der Waals surface area contributed by atoms with Crippen LogP contribution in [0.2, 0.25) is 0 Å². The van der Waals surface area contributed by atoms with Crippen molar-refractivity contribution in [3.63, 3.8) is 0 Å². The molecule has 5 heterocycles. The van der Waals surface area contributed by atoms with Crippen LogP contribution >= 0.6 is 0 Å².